The van der Waals surface area contributed by atoms with Crippen LogP contribution in [0.15, 0.2) is 89.1 Å². The number of carbonyl (C=O) groups excluding carboxylic acids is 2. The van der Waals surface area contributed by atoms with Gasteiger partial charge in [0.2, 0.25) is 0 Å². The first kappa shape index (κ1) is 26.6. The van der Waals surface area contributed by atoms with Crippen molar-refractivity contribution in [3.8, 4) is 11.5 Å². The van der Waals surface area contributed by atoms with Crippen LogP contribution < -0.4 is 10.1 Å². The minimum absolute atomic E-state index is 0.0494. The first-order chi connectivity index (χ1) is 18.2. The summed E-state index contributed by atoms with van der Waals surface area (Å²) in [6, 6.07) is 19.9. The number of carbonyl (C=O) groups is 3. The van der Waals surface area contributed by atoms with Gasteiger partial charge in [0.25, 0.3) is 5.91 Å². The van der Waals surface area contributed by atoms with Crippen molar-refractivity contribution in [3.63, 3.8) is 0 Å². The van der Waals surface area contributed by atoms with Crippen molar-refractivity contribution in [3.05, 3.63) is 106 Å². The second kappa shape index (κ2) is 11.7. The smallest absolute Gasteiger partial charge is 0.335 e. The van der Waals surface area contributed by atoms with Crippen molar-refractivity contribution < 1.29 is 24.2 Å². The van der Waals surface area contributed by atoms with E-state index in [0.29, 0.717) is 33.2 Å². The first-order valence-electron chi connectivity index (χ1n) is 11.9. The molecule has 0 spiro atoms. The van der Waals surface area contributed by atoms with E-state index in [1.54, 1.807) is 56.3 Å². The molecule has 3 aromatic carbocycles. The summed E-state index contributed by atoms with van der Waals surface area (Å²) in [7, 11) is 0. The molecule has 1 unspecified atom stereocenters. The molecule has 1 aliphatic rings. The molecule has 1 aliphatic heterocycles. The number of hydrogen-bond donors (Lipinski definition) is 2. The van der Waals surface area contributed by atoms with Crippen LogP contribution in [-0.2, 0) is 4.79 Å². The number of ether oxygens (including phenoxy) is 1. The Bertz CT molecular complexity index is 1440. The number of amides is 3. The number of nitrogens with one attached hydrogen (secondary N) is 1. The Kier molecular flexibility index (Phi) is 8.23. The van der Waals surface area contributed by atoms with Crippen LogP contribution in [0, 0.1) is 6.92 Å². The van der Waals surface area contributed by atoms with Gasteiger partial charge in [-0.3, -0.25) is 4.79 Å². The third-order valence-corrected chi connectivity index (χ3v) is 6.29. The lowest BCUT2D eigenvalue weighted by Gasteiger charge is -2.37. The maximum atomic E-state index is 12.8. The highest BCUT2D eigenvalue weighted by molar-refractivity contribution is 6.30. The summed E-state index contributed by atoms with van der Waals surface area (Å²) >= 11 is 6.15. The average Bonchev–Trinajstić information content (AvgIpc) is 2.87. The molecular formula is C29H26ClN3O5. The molecule has 0 saturated heterocycles. The zero-order valence-corrected chi connectivity index (χ0v) is 21.6. The molecule has 2 N–H and O–H groups in total. The molecule has 3 aromatic rings. The predicted molar refractivity (Wildman–Crippen MR) is 145 cm³/mol. The van der Waals surface area contributed by atoms with Crippen molar-refractivity contribution in [2.75, 3.05) is 6.54 Å². The van der Waals surface area contributed by atoms with Crippen LogP contribution in [0.1, 0.15) is 40.9 Å². The fourth-order valence-corrected chi connectivity index (χ4v) is 4.49. The van der Waals surface area contributed by atoms with Crippen LogP contribution in [0.4, 0.5) is 4.79 Å². The fraction of sp³-hybridized carbons (Fsp3) is 0.172. The number of halogens is 1. The Morgan fingerprint density at radius 1 is 1.05 bits per heavy atom. The summed E-state index contributed by atoms with van der Waals surface area (Å²) in [4.78, 5) is 43.1. The largest absolute Gasteiger partial charge is 0.478 e. The number of urea groups is 1. The summed E-state index contributed by atoms with van der Waals surface area (Å²) in [6.07, 6.45) is 1.67. The number of allylic oxidation sites excluding steroid dienone is 1. The molecule has 3 amide bonds. The molecule has 0 aliphatic carbocycles. The van der Waals surface area contributed by atoms with Crippen LogP contribution in [0.3, 0.4) is 0 Å². The van der Waals surface area contributed by atoms with Gasteiger partial charge in [-0.1, -0.05) is 41.9 Å². The van der Waals surface area contributed by atoms with Crippen LogP contribution in [0.25, 0.3) is 0 Å². The molecule has 9 heteroatoms. The topological polar surface area (TPSA) is 108 Å². The molecule has 38 heavy (non-hydrogen) atoms. The Balaban J connectivity index is 1.46. The van der Waals surface area contributed by atoms with Gasteiger partial charge in [-0.05, 0) is 67.4 Å². The summed E-state index contributed by atoms with van der Waals surface area (Å²) in [6.45, 7) is 3.48. The van der Waals surface area contributed by atoms with Crippen molar-refractivity contribution in [2.24, 2.45) is 4.99 Å². The number of benzene rings is 3. The third kappa shape index (κ3) is 6.10. The lowest BCUT2D eigenvalue weighted by molar-refractivity contribution is -0.133. The summed E-state index contributed by atoms with van der Waals surface area (Å²) < 4.78 is 5.81. The Morgan fingerprint density at radius 2 is 1.82 bits per heavy atom. The second-order valence-electron chi connectivity index (χ2n) is 8.72. The number of para-hydroxylation sites is 1. The van der Waals surface area contributed by atoms with Gasteiger partial charge in [0.1, 0.15) is 11.5 Å². The van der Waals surface area contributed by atoms with Gasteiger partial charge in [-0.2, -0.15) is 0 Å². The lowest BCUT2D eigenvalue weighted by atomic mass is 9.93. The molecule has 194 valence electrons. The molecule has 0 bridgehead atoms. The van der Waals surface area contributed by atoms with Crippen molar-refractivity contribution in [1.82, 2.24) is 10.2 Å². The van der Waals surface area contributed by atoms with Gasteiger partial charge in [-0.25, -0.2) is 14.6 Å². The summed E-state index contributed by atoms with van der Waals surface area (Å²) in [5, 5.41) is 12.9. The van der Waals surface area contributed by atoms with Crippen molar-refractivity contribution in [2.45, 2.75) is 26.3 Å². The van der Waals surface area contributed by atoms with E-state index in [9.17, 15) is 19.5 Å². The highest BCUT2D eigenvalue weighted by atomic mass is 35.5. The number of rotatable bonds is 8. The maximum Gasteiger partial charge on any atom is 0.335 e. The van der Waals surface area contributed by atoms with Gasteiger partial charge >= 0.3 is 12.0 Å². The number of carboxylic acids is 1. The minimum atomic E-state index is -1.14. The van der Waals surface area contributed by atoms with E-state index in [1.165, 1.54) is 11.1 Å². The zero-order valence-electron chi connectivity index (χ0n) is 20.8. The molecule has 4 rings (SSSR count). The highest BCUT2D eigenvalue weighted by Gasteiger charge is 2.37. The van der Waals surface area contributed by atoms with Crippen molar-refractivity contribution in [1.29, 1.82) is 0 Å². The quantitative estimate of drug-likeness (QED) is 0.338. The van der Waals surface area contributed by atoms with Gasteiger partial charge < -0.3 is 20.1 Å². The normalized spacial score (nSPS) is 15.5. The predicted octanol–water partition coefficient (Wildman–Crippen LogP) is 6.17. The first-order valence-corrected chi connectivity index (χ1v) is 12.3. The Hall–Kier alpha value is -4.43. The minimum Gasteiger partial charge on any atom is -0.478 e. The number of aliphatic imine (C=N–C) groups is 1. The van der Waals surface area contributed by atoms with Gasteiger partial charge in [0, 0.05) is 35.5 Å². The van der Waals surface area contributed by atoms with E-state index in [0.717, 1.165) is 0 Å². The van der Waals surface area contributed by atoms with Crippen LogP contribution >= 0.6 is 11.6 Å². The van der Waals surface area contributed by atoms with E-state index in [-0.39, 0.29) is 24.2 Å². The number of aryl methyl sites for hydroxylation is 1. The molecule has 0 saturated carbocycles. The molecule has 1 heterocycles. The number of nitrogens with zero attached hydrogens (tertiary/aromatic N) is 2. The van der Waals surface area contributed by atoms with E-state index in [1.807, 2.05) is 30.3 Å². The molecule has 0 fully saturated rings. The van der Waals surface area contributed by atoms with E-state index >= 15 is 0 Å². The molecular weight excluding hydrogens is 506 g/mol. The Morgan fingerprint density at radius 3 is 2.50 bits per heavy atom. The molecule has 0 aromatic heterocycles. The van der Waals surface area contributed by atoms with Gasteiger partial charge in [0.05, 0.1) is 11.6 Å². The van der Waals surface area contributed by atoms with Crippen LogP contribution in [0.2, 0.25) is 5.02 Å². The molecule has 8 nitrogen and oxygen atoms in total. The number of aliphatic carboxylic acids is 1. The van der Waals surface area contributed by atoms with Gasteiger partial charge in [-0.15, -0.1) is 0 Å². The van der Waals surface area contributed by atoms with E-state index in [2.05, 4.69) is 10.3 Å². The maximum absolute atomic E-state index is 12.8. The number of hydrogen-bond acceptors (Lipinski definition) is 4. The molecule has 1 atom stereocenters. The lowest BCUT2D eigenvalue weighted by Crippen LogP contribution is -2.48. The third-order valence-electron chi connectivity index (χ3n) is 6.05. The second-order valence-corrected chi connectivity index (χ2v) is 9.16. The van der Waals surface area contributed by atoms with E-state index in [4.69, 9.17) is 16.3 Å². The number of carboxylic acid groups (broad SMARTS) is 1. The highest BCUT2D eigenvalue weighted by Crippen LogP contribution is 2.34. The zero-order chi connectivity index (χ0) is 27.2. The van der Waals surface area contributed by atoms with E-state index < -0.39 is 23.9 Å². The average molecular weight is 532 g/mol. The Labute approximate surface area is 225 Å². The summed E-state index contributed by atoms with van der Waals surface area (Å²) in [5.74, 6) is -0.269. The monoisotopic (exact) mass is 531 g/mol. The summed E-state index contributed by atoms with van der Waals surface area (Å²) in [5.41, 5.74) is 2.03. The SMILES string of the molecule is CC1=C(C(=O)O)C(c2cccc(Cl)c2)N(CCC=NC(=O)c2ccc(Oc3ccccc3)cc2C)C(=O)N1. The van der Waals surface area contributed by atoms with Crippen LogP contribution in [0.5, 0.6) is 11.5 Å². The standard InChI is InChI=1S/C29H26ClN3O5/c1-18-16-23(38-22-10-4-3-5-11-22)12-13-24(18)27(34)31-14-7-15-33-26(20-8-6-9-21(30)17-20)25(28(35)36)19(2)32-29(33)37/h3-6,8-14,16-17,26H,7,15H2,1-2H3,(H,32,37)(H,35,36). The van der Waals surface area contributed by atoms with Gasteiger partial charge in [0.15, 0.2) is 0 Å². The van der Waals surface area contributed by atoms with Crippen molar-refractivity contribution >= 4 is 35.7 Å². The fourth-order valence-electron chi connectivity index (χ4n) is 4.29. The van der Waals surface area contributed by atoms with Crippen LogP contribution in [-0.4, -0.2) is 40.7 Å². The molecule has 0 radical (unpaired) electrons.